The van der Waals surface area contributed by atoms with E-state index >= 15 is 0 Å². The van der Waals surface area contributed by atoms with Crippen molar-refractivity contribution >= 4 is 6.09 Å². The Morgan fingerprint density at radius 2 is 2.26 bits per heavy atom. The maximum Gasteiger partial charge on any atom is 0.410 e. The fourth-order valence-corrected chi connectivity index (χ4v) is 3.05. The molecule has 23 heavy (non-hydrogen) atoms. The SMILES string of the molecule is C[C@H](NCCc1cncn1C)[C@H]1CCCN1C(=O)OC(C)(C)C. The van der Waals surface area contributed by atoms with Gasteiger partial charge in [-0.3, -0.25) is 0 Å². The van der Waals surface area contributed by atoms with E-state index in [1.165, 1.54) is 5.69 Å². The Bertz CT molecular complexity index is 521. The molecule has 1 aromatic heterocycles. The van der Waals surface area contributed by atoms with E-state index in [-0.39, 0.29) is 18.2 Å². The van der Waals surface area contributed by atoms with Gasteiger partial charge in [0, 0.05) is 44.5 Å². The van der Waals surface area contributed by atoms with Crippen LogP contribution >= 0.6 is 0 Å². The van der Waals surface area contributed by atoms with Crippen LogP contribution in [0.4, 0.5) is 4.79 Å². The van der Waals surface area contributed by atoms with E-state index in [0.717, 1.165) is 32.4 Å². The predicted octanol–water partition coefficient (Wildman–Crippen LogP) is 2.34. The van der Waals surface area contributed by atoms with Gasteiger partial charge in [-0.15, -0.1) is 0 Å². The number of carbonyl (C=O) groups is 1. The first-order valence-electron chi connectivity index (χ1n) is 8.46. The van der Waals surface area contributed by atoms with Gasteiger partial charge in [0.15, 0.2) is 0 Å². The molecule has 2 heterocycles. The average molecular weight is 322 g/mol. The van der Waals surface area contributed by atoms with E-state index in [0.29, 0.717) is 0 Å². The van der Waals surface area contributed by atoms with Gasteiger partial charge in [0.2, 0.25) is 0 Å². The van der Waals surface area contributed by atoms with Crippen LogP contribution in [0.25, 0.3) is 0 Å². The van der Waals surface area contributed by atoms with Crippen molar-refractivity contribution in [3.63, 3.8) is 0 Å². The van der Waals surface area contributed by atoms with Crippen molar-refractivity contribution in [1.29, 1.82) is 0 Å². The van der Waals surface area contributed by atoms with Crippen LogP contribution in [0.5, 0.6) is 0 Å². The number of nitrogens with one attached hydrogen (secondary N) is 1. The molecule has 0 spiro atoms. The summed E-state index contributed by atoms with van der Waals surface area (Å²) in [6.45, 7) is 9.53. The molecular weight excluding hydrogens is 292 g/mol. The second-order valence-electron chi connectivity index (χ2n) is 7.37. The third kappa shape index (κ3) is 4.96. The molecule has 1 aliphatic heterocycles. The number of amides is 1. The topological polar surface area (TPSA) is 59.4 Å². The number of rotatable bonds is 5. The zero-order valence-electron chi connectivity index (χ0n) is 15.0. The Hall–Kier alpha value is -1.56. The van der Waals surface area contributed by atoms with E-state index in [2.05, 4.69) is 17.2 Å². The Balaban J connectivity index is 1.84. The van der Waals surface area contributed by atoms with Crippen LogP contribution in [0.15, 0.2) is 12.5 Å². The lowest BCUT2D eigenvalue weighted by molar-refractivity contribution is 0.0201. The molecule has 6 heteroatoms. The van der Waals surface area contributed by atoms with Gasteiger partial charge in [0.05, 0.1) is 12.4 Å². The molecule has 0 radical (unpaired) electrons. The average Bonchev–Trinajstić information content (AvgIpc) is 3.06. The third-order valence-electron chi connectivity index (χ3n) is 4.27. The summed E-state index contributed by atoms with van der Waals surface area (Å²) < 4.78 is 7.57. The molecule has 6 nitrogen and oxygen atoms in total. The summed E-state index contributed by atoms with van der Waals surface area (Å²) in [5.41, 5.74) is 0.764. The van der Waals surface area contributed by atoms with Crippen LogP contribution in [0.3, 0.4) is 0 Å². The smallest absolute Gasteiger partial charge is 0.410 e. The molecule has 0 saturated carbocycles. The lowest BCUT2D eigenvalue weighted by Crippen LogP contribution is -2.49. The maximum absolute atomic E-state index is 12.3. The second kappa shape index (κ2) is 7.34. The Morgan fingerprint density at radius 3 is 2.87 bits per heavy atom. The number of imidazole rings is 1. The number of likely N-dealkylation sites (tertiary alicyclic amines) is 1. The summed E-state index contributed by atoms with van der Waals surface area (Å²) in [5, 5.41) is 3.55. The molecule has 2 atom stereocenters. The summed E-state index contributed by atoms with van der Waals surface area (Å²) in [7, 11) is 2.01. The van der Waals surface area contributed by atoms with E-state index < -0.39 is 5.60 Å². The first-order chi connectivity index (χ1) is 10.8. The molecular formula is C17H30N4O2. The van der Waals surface area contributed by atoms with E-state index in [1.54, 1.807) is 0 Å². The second-order valence-corrected chi connectivity index (χ2v) is 7.37. The molecule has 0 unspecified atom stereocenters. The van der Waals surface area contributed by atoms with Gasteiger partial charge in [0.1, 0.15) is 5.60 Å². The summed E-state index contributed by atoms with van der Waals surface area (Å²) in [6, 6.07) is 0.453. The fraction of sp³-hybridized carbons (Fsp3) is 0.765. The van der Waals surface area contributed by atoms with Crippen LogP contribution in [-0.2, 0) is 18.2 Å². The number of nitrogens with zero attached hydrogens (tertiary/aromatic N) is 3. The molecule has 1 aliphatic rings. The molecule has 1 amide bonds. The highest BCUT2D eigenvalue weighted by atomic mass is 16.6. The highest BCUT2D eigenvalue weighted by Gasteiger charge is 2.35. The Labute approximate surface area is 139 Å². The van der Waals surface area contributed by atoms with Gasteiger partial charge in [-0.2, -0.15) is 0 Å². The first kappa shape index (κ1) is 17.8. The zero-order chi connectivity index (χ0) is 17.0. The molecule has 130 valence electrons. The quantitative estimate of drug-likeness (QED) is 0.904. The summed E-state index contributed by atoms with van der Waals surface area (Å²) >= 11 is 0. The minimum Gasteiger partial charge on any atom is -0.444 e. The number of aryl methyl sites for hydroxylation is 1. The molecule has 0 bridgehead atoms. The lowest BCUT2D eigenvalue weighted by atomic mass is 10.1. The standard InChI is InChI=1S/C17H30N4O2/c1-13(19-9-8-14-11-18-12-20(14)5)15-7-6-10-21(15)16(22)23-17(2,3)4/h11-13,15,19H,6-10H2,1-5H3/t13-,15+/m0/s1. The van der Waals surface area contributed by atoms with Crippen LogP contribution < -0.4 is 5.32 Å². The van der Waals surface area contributed by atoms with Crippen molar-refractivity contribution < 1.29 is 9.53 Å². The molecule has 1 saturated heterocycles. The Morgan fingerprint density at radius 1 is 1.52 bits per heavy atom. The molecule has 0 aromatic carbocycles. The number of aromatic nitrogens is 2. The van der Waals surface area contributed by atoms with Crippen molar-refractivity contribution in [1.82, 2.24) is 19.8 Å². The normalized spacial score (nSPS) is 19.9. The highest BCUT2D eigenvalue weighted by Crippen LogP contribution is 2.23. The largest absolute Gasteiger partial charge is 0.444 e. The minimum atomic E-state index is -0.444. The van der Waals surface area contributed by atoms with Gasteiger partial charge in [-0.25, -0.2) is 9.78 Å². The van der Waals surface area contributed by atoms with Gasteiger partial charge >= 0.3 is 6.09 Å². The van der Waals surface area contributed by atoms with Crippen LogP contribution in [0.1, 0.15) is 46.2 Å². The van der Waals surface area contributed by atoms with Crippen LogP contribution in [0.2, 0.25) is 0 Å². The molecule has 1 fully saturated rings. The van der Waals surface area contributed by atoms with Crippen molar-refractivity contribution in [2.75, 3.05) is 13.1 Å². The monoisotopic (exact) mass is 322 g/mol. The third-order valence-corrected chi connectivity index (χ3v) is 4.27. The Kier molecular flexibility index (Phi) is 5.68. The number of ether oxygens (including phenoxy) is 1. The maximum atomic E-state index is 12.3. The molecule has 1 aromatic rings. The van der Waals surface area contributed by atoms with Gasteiger partial charge in [-0.1, -0.05) is 0 Å². The van der Waals surface area contributed by atoms with Crippen molar-refractivity contribution in [3.8, 4) is 0 Å². The summed E-state index contributed by atoms with van der Waals surface area (Å²) in [5.74, 6) is 0. The van der Waals surface area contributed by atoms with E-state index in [1.807, 2.05) is 49.8 Å². The van der Waals surface area contributed by atoms with E-state index in [4.69, 9.17) is 4.74 Å². The fourth-order valence-electron chi connectivity index (χ4n) is 3.05. The van der Waals surface area contributed by atoms with Crippen LogP contribution in [0, 0.1) is 0 Å². The van der Waals surface area contributed by atoms with Crippen molar-refractivity contribution in [3.05, 3.63) is 18.2 Å². The van der Waals surface area contributed by atoms with Gasteiger partial charge in [-0.05, 0) is 40.5 Å². The number of hydrogen-bond donors (Lipinski definition) is 1. The predicted molar refractivity (Wildman–Crippen MR) is 90.3 cm³/mol. The van der Waals surface area contributed by atoms with Crippen LogP contribution in [-0.4, -0.2) is 51.3 Å². The van der Waals surface area contributed by atoms with Crippen molar-refractivity contribution in [2.24, 2.45) is 7.05 Å². The summed E-state index contributed by atoms with van der Waals surface area (Å²) in [4.78, 5) is 18.4. The van der Waals surface area contributed by atoms with E-state index in [9.17, 15) is 4.79 Å². The molecule has 1 N–H and O–H groups in total. The minimum absolute atomic E-state index is 0.194. The number of hydrogen-bond acceptors (Lipinski definition) is 4. The number of carbonyl (C=O) groups excluding carboxylic acids is 1. The highest BCUT2D eigenvalue weighted by molar-refractivity contribution is 5.69. The first-order valence-corrected chi connectivity index (χ1v) is 8.46. The van der Waals surface area contributed by atoms with Gasteiger partial charge < -0.3 is 19.5 Å². The van der Waals surface area contributed by atoms with Gasteiger partial charge in [0.25, 0.3) is 0 Å². The molecule has 0 aliphatic carbocycles. The zero-order valence-corrected chi connectivity index (χ0v) is 15.0. The lowest BCUT2D eigenvalue weighted by Gasteiger charge is -2.32. The molecule has 2 rings (SSSR count). The van der Waals surface area contributed by atoms with Crippen molar-refractivity contribution in [2.45, 2.75) is 64.6 Å². The summed E-state index contributed by atoms with van der Waals surface area (Å²) in [6.07, 6.45) is 6.52.